The molecule has 0 saturated carbocycles. The smallest absolute Gasteiger partial charge is 0.243 e. The summed E-state index contributed by atoms with van der Waals surface area (Å²) in [4.78, 5) is 13.1. The summed E-state index contributed by atoms with van der Waals surface area (Å²) in [6, 6.07) is 21.8. The molecule has 3 aromatic carbocycles. The molecular weight excluding hydrogens is 488 g/mol. The first-order chi connectivity index (χ1) is 15.3. The van der Waals surface area contributed by atoms with E-state index in [1.807, 2.05) is 55.5 Å². The molecule has 0 bridgehead atoms. The maximum Gasteiger partial charge on any atom is 0.243 e. The lowest BCUT2D eigenvalue weighted by atomic mass is 9.92. The van der Waals surface area contributed by atoms with Gasteiger partial charge in [0, 0.05) is 24.0 Å². The van der Waals surface area contributed by atoms with Crippen molar-refractivity contribution >= 4 is 31.9 Å². The van der Waals surface area contributed by atoms with Gasteiger partial charge in [0.15, 0.2) is 0 Å². The zero-order valence-electron chi connectivity index (χ0n) is 17.8. The quantitative estimate of drug-likeness (QED) is 0.518. The number of fused-ring (bicyclic) bond motifs is 1. The zero-order valence-corrected chi connectivity index (χ0v) is 20.2. The van der Waals surface area contributed by atoms with Crippen LogP contribution >= 0.6 is 15.9 Å². The van der Waals surface area contributed by atoms with E-state index >= 15 is 0 Å². The summed E-state index contributed by atoms with van der Waals surface area (Å²) in [6.45, 7) is 2.77. The summed E-state index contributed by atoms with van der Waals surface area (Å²) >= 11 is 3.35. The molecule has 1 heterocycles. The van der Waals surface area contributed by atoms with Crippen molar-refractivity contribution in [1.82, 2.24) is 9.62 Å². The Hall–Kier alpha value is -2.48. The molecule has 32 heavy (non-hydrogen) atoms. The van der Waals surface area contributed by atoms with Crippen LogP contribution in [0.25, 0.3) is 0 Å². The summed E-state index contributed by atoms with van der Waals surface area (Å²) in [7, 11) is -3.76. The predicted molar refractivity (Wildman–Crippen MR) is 129 cm³/mol. The third-order valence-electron chi connectivity index (χ3n) is 5.77. The van der Waals surface area contributed by atoms with Crippen molar-refractivity contribution in [2.24, 2.45) is 0 Å². The average molecular weight is 513 g/mol. The molecule has 0 aromatic heterocycles. The Morgan fingerprint density at radius 1 is 1.03 bits per heavy atom. The number of halogens is 1. The second-order valence-corrected chi connectivity index (χ2v) is 10.8. The van der Waals surface area contributed by atoms with Crippen molar-refractivity contribution in [2.45, 2.75) is 37.2 Å². The summed E-state index contributed by atoms with van der Waals surface area (Å²) in [5, 5.41) is 2.95. The summed E-state index contributed by atoms with van der Waals surface area (Å²) in [5.41, 5.74) is 4.15. The molecule has 0 radical (unpaired) electrons. The second kappa shape index (κ2) is 9.57. The molecule has 4 rings (SSSR count). The van der Waals surface area contributed by atoms with Gasteiger partial charge in [-0.3, -0.25) is 4.79 Å². The minimum Gasteiger partial charge on any atom is -0.352 e. The number of aryl methyl sites for hydroxylation is 1. The van der Waals surface area contributed by atoms with Crippen LogP contribution in [0.4, 0.5) is 0 Å². The van der Waals surface area contributed by atoms with Crippen molar-refractivity contribution in [3.05, 3.63) is 99.5 Å². The number of nitrogens with one attached hydrogen (secondary N) is 1. The molecule has 1 unspecified atom stereocenters. The van der Waals surface area contributed by atoms with E-state index in [1.165, 1.54) is 4.31 Å². The minimum atomic E-state index is -3.76. The molecule has 5 nitrogen and oxygen atoms in total. The number of rotatable bonds is 6. The Morgan fingerprint density at radius 3 is 2.44 bits per heavy atom. The van der Waals surface area contributed by atoms with Gasteiger partial charge >= 0.3 is 0 Å². The molecule has 0 spiro atoms. The molecule has 1 N–H and O–H groups in total. The minimum absolute atomic E-state index is 0.0681. The van der Waals surface area contributed by atoms with Gasteiger partial charge in [-0.05, 0) is 54.3 Å². The van der Waals surface area contributed by atoms with Gasteiger partial charge in [0.1, 0.15) is 0 Å². The number of hydrogen-bond acceptors (Lipinski definition) is 3. The fourth-order valence-electron chi connectivity index (χ4n) is 4.02. The van der Waals surface area contributed by atoms with Crippen LogP contribution in [0, 0.1) is 6.92 Å². The highest BCUT2D eigenvalue weighted by Crippen LogP contribution is 2.36. The highest BCUT2D eigenvalue weighted by molar-refractivity contribution is 9.10. The van der Waals surface area contributed by atoms with Gasteiger partial charge in [0.05, 0.1) is 10.9 Å². The summed E-state index contributed by atoms with van der Waals surface area (Å²) in [5.74, 6) is -0.178. The van der Waals surface area contributed by atoms with Crippen LogP contribution < -0.4 is 5.32 Å². The number of benzene rings is 3. The monoisotopic (exact) mass is 512 g/mol. The first kappa shape index (κ1) is 22.7. The molecule has 0 fully saturated rings. The van der Waals surface area contributed by atoms with Gasteiger partial charge in [0.25, 0.3) is 0 Å². The number of hydrogen-bond donors (Lipinski definition) is 1. The zero-order chi connectivity index (χ0) is 22.7. The van der Waals surface area contributed by atoms with Crippen molar-refractivity contribution in [3.63, 3.8) is 0 Å². The van der Waals surface area contributed by atoms with E-state index in [1.54, 1.807) is 24.3 Å². The van der Waals surface area contributed by atoms with Crippen LogP contribution in [-0.2, 0) is 27.8 Å². The van der Waals surface area contributed by atoms with E-state index < -0.39 is 16.1 Å². The van der Waals surface area contributed by atoms with E-state index in [9.17, 15) is 13.2 Å². The molecule has 1 aliphatic heterocycles. The molecule has 0 aliphatic carbocycles. The third-order valence-corrected chi connectivity index (χ3v) is 8.22. The molecule has 1 aliphatic rings. The summed E-state index contributed by atoms with van der Waals surface area (Å²) < 4.78 is 29.3. The Morgan fingerprint density at radius 2 is 1.72 bits per heavy atom. The van der Waals surface area contributed by atoms with Gasteiger partial charge in [-0.1, -0.05) is 70.0 Å². The summed E-state index contributed by atoms with van der Waals surface area (Å²) in [6.07, 6.45) is 0.687. The first-order valence-electron chi connectivity index (χ1n) is 10.5. The molecule has 7 heteroatoms. The first-order valence-corrected chi connectivity index (χ1v) is 12.8. The Bertz CT molecular complexity index is 1210. The number of amides is 1. The SMILES string of the molecule is Cc1ccc(CNC(=O)CC2c3ccccc3CCN2S(=O)(=O)c2ccc(Br)cc2)cc1. The maximum atomic E-state index is 13.5. The van der Waals surface area contributed by atoms with Crippen molar-refractivity contribution in [1.29, 1.82) is 0 Å². The molecular formula is C25H25BrN2O3S. The Labute approximate surface area is 197 Å². The number of carbonyl (C=O) groups is 1. The number of sulfonamides is 1. The Kier molecular flexibility index (Phi) is 6.79. The van der Waals surface area contributed by atoms with Crippen LogP contribution in [-0.4, -0.2) is 25.2 Å². The standard InChI is InChI=1S/C25H25BrN2O3S/c1-18-6-8-19(9-7-18)17-27-25(29)16-24-23-5-3-2-4-20(23)14-15-28(24)32(30,31)22-12-10-21(26)11-13-22/h2-13,24H,14-17H2,1H3,(H,27,29). The largest absolute Gasteiger partial charge is 0.352 e. The van der Waals surface area contributed by atoms with Gasteiger partial charge < -0.3 is 5.32 Å². The van der Waals surface area contributed by atoms with Gasteiger partial charge in [-0.15, -0.1) is 0 Å². The third kappa shape index (κ3) is 4.95. The fraction of sp³-hybridized carbons (Fsp3) is 0.240. The highest BCUT2D eigenvalue weighted by atomic mass is 79.9. The van der Waals surface area contributed by atoms with Gasteiger partial charge in [-0.2, -0.15) is 4.31 Å². The lowest BCUT2D eigenvalue weighted by Crippen LogP contribution is -2.42. The van der Waals surface area contributed by atoms with E-state index in [0.29, 0.717) is 19.5 Å². The van der Waals surface area contributed by atoms with Crippen LogP contribution in [0.2, 0.25) is 0 Å². The Balaban J connectivity index is 1.58. The molecule has 166 valence electrons. The van der Waals surface area contributed by atoms with E-state index in [4.69, 9.17) is 0 Å². The number of carbonyl (C=O) groups excluding carboxylic acids is 1. The van der Waals surface area contributed by atoms with Crippen molar-refractivity contribution in [2.75, 3.05) is 6.54 Å². The second-order valence-electron chi connectivity index (χ2n) is 8.00. The van der Waals surface area contributed by atoms with E-state index in [-0.39, 0.29) is 17.2 Å². The topological polar surface area (TPSA) is 66.5 Å². The van der Waals surface area contributed by atoms with Crippen molar-refractivity contribution in [3.8, 4) is 0 Å². The predicted octanol–water partition coefficient (Wildman–Crippen LogP) is 4.75. The normalized spacial score (nSPS) is 16.4. The van der Waals surface area contributed by atoms with Crippen LogP contribution in [0.3, 0.4) is 0 Å². The van der Waals surface area contributed by atoms with Crippen LogP contribution in [0.15, 0.2) is 82.2 Å². The van der Waals surface area contributed by atoms with E-state index in [0.717, 1.165) is 26.7 Å². The lowest BCUT2D eigenvalue weighted by molar-refractivity contribution is -0.122. The number of nitrogens with zero attached hydrogens (tertiary/aromatic N) is 1. The average Bonchev–Trinajstić information content (AvgIpc) is 2.79. The maximum absolute atomic E-state index is 13.5. The highest BCUT2D eigenvalue weighted by Gasteiger charge is 2.37. The van der Waals surface area contributed by atoms with Crippen LogP contribution in [0.5, 0.6) is 0 Å². The molecule has 3 aromatic rings. The molecule has 0 saturated heterocycles. The van der Waals surface area contributed by atoms with Gasteiger partial charge in [-0.25, -0.2) is 8.42 Å². The van der Waals surface area contributed by atoms with Gasteiger partial charge in [0.2, 0.25) is 15.9 Å². The fourth-order valence-corrected chi connectivity index (χ4v) is 5.89. The van der Waals surface area contributed by atoms with Crippen molar-refractivity contribution < 1.29 is 13.2 Å². The molecule has 1 amide bonds. The molecule has 1 atom stereocenters. The van der Waals surface area contributed by atoms with E-state index in [2.05, 4.69) is 21.2 Å². The lowest BCUT2D eigenvalue weighted by Gasteiger charge is -2.36. The van der Waals surface area contributed by atoms with Crippen LogP contribution in [0.1, 0.15) is 34.7 Å².